The first-order valence-electron chi connectivity index (χ1n) is 8.64. The number of hydrogen-bond acceptors (Lipinski definition) is 4. The van der Waals surface area contributed by atoms with Crippen molar-refractivity contribution < 1.29 is 9.59 Å². The van der Waals surface area contributed by atoms with Gasteiger partial charge in [0.2, 0.25) is 0 Å². The topological polar surface area (TPSA) is 52.6 Å². The molecule has 1 aliphatic rings. The maximum atomic E-state index is 12.6. The number of rotatable bonds is 7. The fourth-order valence-corrected chi connectivity index (χ4v) is 3.49. The zero-order chi connectivity index (χ0) is 18.1. The molecule has 2 rings (SSSR count). The second kappa shape index (κ2) is 10.3. The number of urea groups is 1. The monoisotopic (exact) mass is 361 g/mol. The van der Waals surface area contributed by atoms with E-state index in [9.17, 15) is 9.59 Å². The smallest absolute Gasteiger partial charge is 0.317 e. The highest BCUT2D eigenvalue weighted by Gasteiger charge is 2.23. The van der Waals surface area contributed by atoms with Gasteiger partial charge in [0.25, 0.3) is 0 Å². The molecule has 1 atom stereocenters. The average molecular weight is 362 g/mol. The van der Waals surface area contributed by atoms with E-state index in [1.165, 1.54) is 11.8 Å². The molecule has 1 aliphatic heterocycles. The maximum absolute atomic E-state index is 12.6. The molecule has 1 N–H and O–H groups in total. The molecular weight excluding hydrogens is 334 g/mol. The third-order valence-electron chi connectivity index (χ3n) is 4.19. The van der Waals surface area contributed by atoms with Crippen LogP contribution in [0.2, 0.25) is 0 Å². The van der Waals surface area contributed by atoms with E-state index in [1.54, 1.807) is 6.92 Å². The van der Waals surface area contributed by atoms with Crippen molar-refractivity contribution in [3.63, 3.8) is 0 Å². The number of nitrogens with one attached hydrogen (secondary N) is 1. The first-order valence-corrected chi connectivity index (χ1v) is 9.63. The van der Waals surface area contributed by atoms with Gasteiger partial charge in [0.1, 0.15) is 0 Å². The van der Waals surface area contributed by atoms with Crippen LogP contribution in [0.3, 0.4) is 0 Å². The van der Waals surface area contributed by atoms with Crippen LogP contribution in [0.1, 0.15) is 12.5 Å². The Morgan fingerprint density at radius 3 is 2.52 bits per heavy atom. The Hall–Kier alpha value is -1.79. The second-order valence-electron chi connectivity index (χ2n) is 6.22. The van der Waals surface area contributed by atoms with Gasteiger partial charge in [0.05, 0.1) is 0 Å². The van der Waals surface area contributed by atoms with E-state index in [2.05, 4.69) is 16.8 Å². The summed E-state index contributed by atoms with van der Waals surface area (Å²) in [6, 6.07) is 9.95. The van der Waals surface area contributed by atoms with Crippen LogP contribution in [0.5, 0.6) is 0 Å². The lowest BCUT2D eigenvalue weighted by Gasteiger charge is -2.35. The lowest BCUT2D eigenvalue weighted by molar-refractivity contribution is -0.109. The summed E-state index contributed by atoms with van der Waals surface area (Å²) in [5.41, 5.74) is 1.16. The van der Waals surface area contributed by atoms with Crippen LogP contribution in [0, 0.1) is 0 Å². The highest BCUT2D eigenvalue weighted by Crippen LogP contribution is 2.11. The number of piperazine rings is 1. The molecule has 1 aromatic rings. The molecule has 136 valence electrons. The van der Waals surface area contributed by atoms with Crippen molar-refractivity contribution in [3.05, 3.63) is 48.6 Å². The molecule has 1 aromatic carbocycles. The lowest BCUT2D eigenvalue weighted by Crippen LogP contribution is -2.54. The van der Waals surface area contributed by atoms with E-state index in [0.717, 1.165) is 44.7 Å². The first kappa shape index (κ1) is 19.5. The number of amides is 2. The molecule has 0 saturated carbocycles. The van der Waals surface area contributed by atoms with Gasteiger partial charge in [-0.1, -0.05) is 48.2 Å². The van der Waals surface area contributed by atoms with Gasteiger partial charge in [-0.25, -0.2) is 4.79 Å². The molecule has 0 aliphatic carbocycles. The average Bonchev–Trinajstić information content (AvgIpc) is 2.61. The van der Waals surface area contributed by atoms with Gasteiger partial charge in [-0.15, -0.1) is 6.58 Å². The van der Waals surface area contributed by atoms with Gasteiger partial charge in [0.15, 0.2) is 5.12 Å². The summed E-state index contributed by atoms with van der Waals surface area (Å²) in [4.78, 5) is 28.0. The molecular formula is C19H27N3O2S. The number of carbonyl (C=O) groups is 2. The molecule has 0 bridgehead atoms. The van der Waals surface area contributed by atoms with Gasteiger partial charge in [0, 0.05) is 51.4 Å². The molecule has 5 nitrogen and oxygen atoms in total. The van der Waals surface area contributed by atoms with Crippen LogP contribution in [0.25, 0.3) is 0 Å². The summed E-state index contributed by atoms with van der Waals surface area (Å²) in [5.74, 6) is 0.590. The Balaban J connectivity index is 1.89. The van der Waals surface area contributed by atoms with Crippen molar-refractivity contribution in [1.82, 2.24) is 15.1 Å². The fourth-order valence-electron chi connectivity index (χ4n) is 2.85. The van der Waals surface area contributed by atoms with E-state index in [0.29, 0.717) is 5.75 Å². The predicted octanol–water partition coefficient (Wildman–Crippen LogP) is 2.39. The summed E-state index contributed by atoms with van der Waals surface area (Å²) in [6.45, 7) is 9.35. The van der Waals surface area contributed by atoms with E-state index in [4.69, 9.17) is 0 Å². The lowest BCUT2D eigenvalue weighted by atomic mass is 10.1. The van der Waals surface area contributed by atoms with Crippen LogP contribution in [0.15, 0.2) is 43.0 Å². The first-order chi connectivity index (χ1) is 12.1. The van der Waals surface area contributed by atoms with E-state index >= 15 is 0 Å². The minimum absolute atomic E-state index is 0.0386. The van der Waals surface area contributed by atoms with Crippen LogP contribution >= 0.6 is 11.8 Å². The van der Waals surface area contributed by atoms with Crippen molar-refractivity contribution in [2.75, 3.05) is 38.5 Å². The van der Waals surface area contributed by atoms with Crippen molar-refractivity contribution in [1.29, 1.82) is 0 Å². The molecule has 1 fully saturated rings. The van der Waals surface area contributed by atoms with Crippen LogP contribution in [-0.2, 0) is 11.2 Å². The predicted molar refractivity (Wildman–Crippen MR) is 104 cm³/mol. The highest BCUT2D eigenvalue weighted by molar-refractivity contribution is 8.13. The third-order valence-corrected chi connectivity index (χ3v) is 5.16. The molecule has 0 aromatic heterocycles. The van der Waals surface area contributed by atoms with Crippen LogP contribution in [-0.4, -0.2) is 65.5 Å². The summed E-state index contributed by atoms with van der Waals surface area (Å²) in [5, 5.41) is 3.19. The van der Waals surface area contributed by atoms with Gasteiger partial charge in [-0.05, 0) is 12.0 Å². The van der Waals surface area contributed by atoms with Gasteiger partial charge in [-0.3, -0.25) is 9.69 Å². The normalized spacial score (nSPS) is 16.3. The molecule has 6 heteroatoms. The molecule has 1 unspecified atom stereocenters. The van der Waals surface area contributed by atoms with Crippen LogP contribution in [0.4, 0.5) is 4.79 Å². The van der Waals surface area contributed by atoms with Crippen molar-refractivity contribution in [2.24, 2.45) is 0 Å². The molecule has 2 amide bonds. The number of carbonyl (C=O) groups excluding carboxylic acids is 2. The van der Waals surface area contributed by atoms with E-state index < -0.39 is 0 Å². The largest absolute Gasteiger partial charge is 0.334 e. The van der Waals surface area contributed by atoms with E-state index in [-0.39, 0.29) is 17.2 Å². The Bertz CT molecular complexity index is 571. The van der Waals surface area contributed by atoms with E-state index in [1.807, 2.05) is 41.3 Å². The van der Waals surface area contributed by atoms with Gasteiger partial charge in [-0.2, -0.15) is 0 Å². The molecule has 0 spiro atoms. The summed E-state index contributed by atoms with van der Waals surface area (Å²) in [7, 11) is 0. The van der Waals surface area contributed by atoms with Gasteiger partial charge >= 0.3 is 6.03 Å². The Labute approximate surface area is 154 Å². The zero-order valence-corrected chi connectivity index (χ0v) is 15.6. The molecule has 0 radical (unpaired) electrons. The fraction of sp³-hybridized carbons (Fsp3) is 0.474. The summed E-state index contributed by atoms with van der Waals surface area (Å²) < 4.78 is 0. The van der Waals surface area contributed by atoms with Crippen molar-refractivity contribution >= 4 is 22.9 Å². The highest BCUT2D eigenvalue weighted by atomic mass is 32.2. The zero-order valence-electron chi connectivity index (χ0n) is 14.8. The number of nitrogens with zero attached hydrogens (tertiary/aromatic N) is 2. The Kier molecular flexibility index (Phi) is 8.01. The summed E-state index contributed by atoms with van der Waals surface area (Å²) >= 11 is 1.26. The standard InChI is InChI=1S/C19H27N3O2S/c1-3-9-21-10-12-22(13-11-21)19(24)20-18(15-25-16(2)23)14-17-7-5-4-6-8-17/h3-8,18H,1,9-15H2,2H3,(H,20,24). The number of thioether (sulfide) groups is 1. The SMILES string of the molecule is C=CCN1CCN(C(=O)NC(CSC(C)=O)Cc2ccccc2)CC1. The maximum Gasteiger partial charge on any atom is 0.317 e. The van der Waals surface area contributed by atoms with Crippen LogP contribution < -0.4 is 5.32 Å². The molecule has 25 heavy (non-hydrogen) atoms. The minimum Gasteiger partial charge on any atom is -0.334 e. The quantitative estimate of drug-likeness (QED) is 0.758. The number of benzene rings is 1. The third kappa shape index (κ3) is 6.92. The van der Waals surface area contributed by atoms with Gasteiger partial charge < -0.3 is 10.2 Å². The molecule has 1 heterocycles. The second-order valence-corrected chi connectivity index (χ2v) is 7.41. The Morgan fingerprint density at radius 2 is 1.92 bits per heavy atom. The molecule has 1 saturated heterocycles. The van der Waals surface area contributed by atoms with Crippen molar-refractivity contribution in [2.45, 2.75) is 19.4 Å². The van der Waals surface area contributed by atoms with Crippen molar-refractivity contribution in [3.8, 4) is 0 Å². The minimum atomic E-state index is -0.0602. The Morgan fingerprint density at radius 1 is 1.24 bits per heavy atom. The number of hydrogen-bond donors (Lipinski definition) is 1. The summed E-state index contributed by atoms with van der Waals surface area (Å²) in [6.07, 6.45) is 2.62.